The summed E-state index contributed by atoms with van der Waals surface area (Å²) < 4.78 is 46.0. The van der Waals surface area contributed by atoms with Gasteiger partial charge in [0.25, 0.3) is 0 Å². The Kier molecular flexibility index (Phi) is 5.64. The highest BCUT2D eigenvalue weighted by Gasteiger charge is 2.25. The molecule has 0 amide bonds. The van der Waals surface area contributed by atoms with E-state index < -0.39 is 27.2 Å². The van der Waals surface area contributed by atoms with Gasteiger partial charge in [0.15, 0.2) is 15.0 Å². The van der Waals surface area contributed by atoms with Crippen molar-refractivity contribution in [2.45, 2.75) is 44.7 Å². The van der Waals surface area contributed by atoms with Crippen molar-refractivity contribution < 1.29 is 22.3 Å². The third-order valence-electron chi connectivity index (χ3n) is 4.37. The number of rotatable bonds is 4. The minimum atomic E-state index is -3.67. The van der Waals surface area contributed by atoms with Crippen molar-refractivity contribution in [2.75, 3.05) is 6.26 Å². The molecule has 30 heavy (non-hydrogen) atoms. The largest absolute Gasteiger partial charge is 0.459 e. The minimum Gasteiger partial charge on any atom is -0.459 e. The van der Waals surface area contributed by atoms with Gasteiger partial charge in [0, 0.05) is 22.9 Å². The van der Waals surface area contributed by atoms with Gasteiger partial charge in [0.05, 0.1) is 16.1 Å². The summed E-state index contributed by atoms with van der Waals surface area (Å²) in [6.45, 7) is 6.64. The Bertz CT molecular complexity index is 1250. The van der Waals surface area contributed by atoms with Gasteiger partial charge in [-0.25, -0.2) is 12.8 Å². The lowest BCUT2D eigenvalue weighted by molar-refractivity contribution is -0.155. The van der Waals surface area contributed by atoms with Gasteiger partial charge in [-0.15, -0.1) is 10.2 Å². The molecular formula is C20H21ClFN3O4S. The first-order valence-corrected chi connectivity index (χ1v) is 11.3. The highest BCUT2D eigenvalue weighted by atomic mass is 35.5. The maximum Gasteiger partial charge on any atom is 0.326 e. The van der Waals surface area contributed by atoms with Gasteiger partial charge in [0.1, 0.15) is 18.0 Å². The second-order valence-corrected chi connectivity index (χ2v) is 10.4. The van der Waals surface area contributed by atoms with Gasteiger partial charge in [-0.05, 0) is 52.0 Å². The number of fused-ring (bicyclic) bond motifs is 1. The van der Waals surface area contributed by atoms with E-state index in [0.717, 1.165) is 12.3 Å². The van der Waals surface area contributed by atoms with Gasteiger partial charge in [-0.3, -0.25) is 4.79 Å². The number of nitrogens with zero attached hydrogens (tertiary/aromatic N) is 3. The number of carbonyl (C=O) groups is 1. The van der Waals surface area contributed by atoms with Crippen LogP contribution >= 0.6 is 11.6 Å². The Morgan fingerprint density at radius 2 is 1.90 bits per heavy atom. The summed E-state index contributed by atoms with van der Waals surface area (Å²) in [6.07, 6.45) is 1.000. The monoisotopic (exact) mass is 453 g/mol. The summed E-state index contributed by atoms with van der Waals surface area (Å²) in [6, 6.07) is 5.44. The van der Waals surface area contributed by atoms with Crippen LogP contribution in [0, 0.1) is 12.7 Å². The Labute approximate surface area is 178 Å². The number of benzene rings is 1. The van der Waals surface area contributed by atoms with E-state index in [1.54, 1.807) is 33.8 Å². The molecule has 0 fully saturated rings. The predicted molar refractivity (Wildman–Crippen MR) is 112 cm³/mol. The van der Waals surface area contributed by atoms with Crippen molar-refractivity contribution in [3.63, 3.8) is 0 Å². The standard InChI is InChI=1S/C20H21ClFN3O4S/c1-11-18(15-6-7-16(21)24-23-15)13-8-12(30(5,27)28)9-14(22)19(13)25(11)10-17(26)29-20(2,3)4/h6-9H,10H2,1-5H3. The van der Waals surface area contributed by atoms with Crippen LogP contribution in [0.1, 0.15) is 26.5 Å². The van der Waals surface area contributed by atoms with Crippen LogP contribution in [0.25, 0.3) is 22.2 Å². The van der Waals surface area contributed by atoms with Crippen LogP contribution in [0.15, 0.2) is 29.2 Å². The first kappa shape index (κ1) is 22.2. The quantitative estimate of drug-likeness (QED) is 0.555. The zero-order valence-electron chi connectivity index (χ0n) is 17.2. The molecular weight excluding hydrogens is 433 g/mol. The molecule has 2 heterocycles. The van der Waals surface area contributed by atoms with E-state index in [1.165, 1.54) is 16.7 Å². The predicted octanol–water partition coefficient (Wildman–Crippen LogP) is 3.94. The molecule has 0 N–H and O–H groups in total. The molecule has 2 aromatic heterocycles. The SMILES string of the molecule is Cc1c(-c2ccc(Cl)nn2)c2cc(S(C)(=O)=O)cc(F)c2n1CC(=O)OC(C)(C)C. The molecule has 0 aliphatic heterocycles. The number of sulfone groups is 1. The van der Waals surface area contributed by atoms with Gasteiger partial charge in [-0.2, -0.15) is 0 Å². The molecule has 1 aromatic carbocycles. The Morgan fingerprint density at radius 3 is 2.43 bits per heavy atom. The number of esters is 1. The van der Waals surface area contributed by atoms with Crippen molar-refractivity contribution in [1.29, 1.82) is 0 Å². The van der Waals surface area contributed by atoms with Gasteiger partial charge in [-0.1, -0.05) is 11.6 Å². The van der Waals surface area contributed by atoms with Gasteiger partial charge >= 0.3 is 5.97 Å². The molecule has 0 saturated carbocycles. The van der Waals surface area contributed by atoms with Crippen molar-refractivity contribution in [3.05, 3.63) is 40.9 Å². The zero-order chi connectivity index (χ0) is 22.4. The lowest BCUT2D eigenvalue weighted by Crippen LogP contribution is -2.26. The average molecular weight is 454 g/mol. The minimum absolute atomic E-state index is 0.0810. The summed E-state index contributed by atoms with van der Waals surface area (Å²) in [5.74, 6) is -1.32. The van der Waals surface area contributed by atoms with Crippen LogP contribution in [-0.4, -0.2) is 41.0 Å². The molecule has 0 radical (unpaired) electrons. The summed E-state index contributed by atoms with van der Waals surface area (Å²) in [7, 11) is -3.67. The van der Waals surface area contributed by atoms with E-state index in [9.17, 15) is 13.2 Å². The second kappa shape index (κ2) is 7.63. The highest BCUT2D eigenvalue weighted by Crippen LogP contribution is 2.36. The van der Waals surface area contributed by atoms with Crippen LogP contribution in [0.2, 0.25) is 5.15 Å². The third kappa shape index (κ3) is 4.46. The molecule has 0 aliphatic carbocycles. The third-order valence-corrected chi connectivity index (χ3v) is 5.66. The van der Waals surface area contributed by atoms with Crippen LogP contribution in [0.4, 0.5) is 4.39 Å². The number of halogens is 2. The fourth-order valence-corrected chi connectivity index (χ4v) is 3.97. The number of hydrogen-bond acceptors (Lipinski definition) is 6. The summed E-state index contributed by atoms with van der Waals surface area (Å²) >= 11 is 5.82. The van der Waals surface area contributed by atoms with Crippen molar-refractivity contribution in [2.24, 2.45) is 0 Å². The maximum atomic E-state index is 15.1. The molecule has 0 aliphatic rings. The average Bonchev–Trinajstić information content (AvgIpc) is 2.86. The van der Waals surface area contributed by atoms with Crippen molar-refractivity contribution in [3.8, 4) is 11.3 Å². The highest BCUT2D eigenvalue weighted by molar-refractivity contribution is 7.90. The Morgan fingerprint density at radius 1 is 1.23 bits per heavy atom. The van der Waals surface area contributed by atoms with E-state index in [0.29, 0.717) is 22.3 Å². The molecule has 160 valence electrons. The van der Waals surface area contributed by atoms with Crippen molar-refractivity contribution in [1.82, 2.24) is 14.8 Å². The van der Waals surface area contributed by atoms with Gasteiger partial charge < -0.3 is 9.30 Å². The van der Waals surface area contributed by atoms with Crippen molar-refractivity contribution >= 4 is 38.3 Å². The smallest absolute Gasteiger partial charge is 0.326 e. The molecule has 0 saturated heterocycles. The second-order valence-electron chi connectivity index (χ2n) is 7.95. The first-order valence-electron chi connectivity index (χ1n) is 9.02. The molecule has 7 nitrogen and oxygen atoms in total. The topological polar surface area (TPSA) is 91.1 Å². The van der Waals surface area contributed by atoms with E-state index in [4.69, 9.17) is 16.3 Å². The summed E-state index contributed by atoms with van der Waals surface area (Å²) in [5.41, 5.74) is 0.715. The van der Waals surface area contributed by atoms with E-state index >= 15 is 4.39 Å². The Balaban J connectivity index is 2.30. The zero-order valence-corrected chi connectivity index (χ0v) is 18.7. The van der Waals surface area contributed by atoms with Crippen LogP contribution in [0.3, 0.4) is 0 Å². The molecule has 0 atom stereocenters. The van der Waals surface area contributed by atoms with Crippen LogP contribution < -0.4 is 0 Å². The molecule has 0 bridgehead atoms. The first-order chi connectivity index (χ1) is 13.8. The molecule has 0 spiro atoms. The molecule has 3 rings (SSSR count). The normalized spacial score (nSPS) is 12.4. The van der Waals surface area contributed by atoms with E-state index in [2.05, 4.69) is 10.2 Å². The van der Waals surface area contributed by atoms with Crippen LogP contribution in [-0.2, 0) is 25.9 Å². The van der Waals surface area contributed by atoms with E-state index in [-0.39, 0.29) is 22.1 Å². The maximum absolute atomic E-state index is 15.1. The number of ether oxygens (including phenoxy) is 1. The summed E-state index contributed by atoms with van der Waals surface area (Å²) in [4.78, 5) is 12.3. The van der Waals surface area contributed by atoms with Gasteiger partial charge in [0.2, 0.25) is 0 Å². The fourth-order valence-electron chi connectivity index (χ4n) is 3.22. The lowest BCUT2D eigenvalue weighted by Gasteiger charge is -2.20. The summed E-state index contributed by atoms with van der Waals surface area (Å²) in [5, 5.41) is 8.34. The lowest BCUT2D eigenvalue weighted by atomic mass is 10.1. The fraction of sp³-hybridized carbons (Fsp3) is 0.350. The van der Waals surface area contributed by atoms with E-state index in [1.807, 2.05) is 0 Å². The Hall–Kier alpha value is -2.52. The number of aromatic nitrogens is 3. The molecule has 3 aromatic rings. The van der Waals surface area contributed by atoms with Crippen LogP contribution in [0.5, 0.6) is 0 Å². The molecule has 10 heteroatoms. The number of hydrogen-bond donors (Lipinski definition) is 0. The number of carbonyl (C=O) groups excluding carboxylic acids is 1. The molecule has 0 unspecified atom stereocenters.